The zero-order valence-electron chi connectivity index (χ0n) is 20.1. The van der Waals surface area contributed by atoms with E-state index in [1.165, 1.54) is 77.6 Å². The molecule has 1 saturated heterocycles. The van der Waals surface area contributed by atoms with Gasteiger partial charge in [0.15, 0.2) is 0 Å². The molecule has 0 spiro atoms. The highest BCUT2D eigenvalue weighted by Crippen LogP contribution is 2.33. The summed E-state index contributed by atoms with van der Waals surface area (Å²) in [5.41, 5.74) is 1.92. The van der Waals surface area contributed by atoms with E-state index >= 15 is 0 Å². The summed E-state index contributed by atoms with van der Waals surface area (Å²) in [6.07, 6.45) is 15.9. The SMILES string of the molecule is CCCCCCCCCCCCCCNC(=O)[C@@H]1CSC(c2ccc(NC(C)=O)cc2)N1. The van der Waals surface area contributed by atoms with Gasteiger partial charge < -0.3 is 10.6 Å². The van der Waals surface area contributed by atoms with Crippen LogP contribution in [0, 0.1) is 0 Å². The highest BCUT2D eigenvalue weighted by Gasteiger charge is 2.30. The summed E-state index contributed by atoms with van der Waals surface area (Å²) in [4.78, 5) is 23.6. The van der Waals surface area contributed by atoms with Crippen molar-refractivity contribution >= 4 is 29.3 Å². The molecule has 0 aliphatic carbocycles. The van der Waals surface area contributed by atoms with Crippen molar-refractivity contribution in [2.45, 2.75) is 102 Å². The molecule has 1 aromatic carbocycles. The normalized spacial score (nSPS) is 17.9. The summed E-state index contributed by atoms with van der Waals surface area (Å²) < 4.78 is 0. The topological polar surface area (TPSA) is 70.2 Å². The molecular weight excluding hydrogens is 418 g/mol. The van der Waals surface area contributed by atoms with Gasteiger partial charge in [0.2, 0.25) is 11.8 Å². The largest absolute Gasteiger partial charge is 0.355 e. The van der Waals surface area contributed by atoms with Gasteiger partial charge in [0.1, 0.15) is 0 Å². The minimum Gasteiger partial charge on any atom is -0.355 e. The second kappa shape index (κ2) is 16.1. The van der Waals surface area contributed by atoms with Gasteiger partial charge in [-0.05, 0) is 24.1 Å². The molecule has 1 aliphatic heterocycles. The summed E-state index contributed by atoms with van der Waals surface area (Å²) in [5.74, 6) is 0.816. The lowest BCUT2D eigenvalue weighted by Crippen LogP contribution is -2.42. The Morgan fingerprint density at radius 3 is 2.03 bits per heavy atom. The molecule has 32 heavy (non-hydrogen) atoms. The Morgan fingerprint density at radius 2 is 1.47 bits per heavy atom. The van der Waals surface area contributed by atoms with Gasteiger partial charge in [-0.15, -0.1) is 11.8 Å². The van der Waals surface area contributed by atoms with Crippen LogP contribution in [0.4, 0.5) is 5.69 Å². The van der Waals surface area contributed by atoms with Crippen molar-refractivity contribution in [2.75, 3.05) is 17.6 Å². The summed E-state index contributed by atoms with van der Waals surface area (Å²) >= 11 is 1.75. The first-order chi connectivity index (χ1) is 15.6. The maximum Gasteiger partial charge on any atom is 0.238 e. The third-order valence-corrected chi connectivity index (χ3v) is 7.23. The van der Waals surface area contributed by atoms with Gasteiger partial charge >= 0.3 is 0 Å². The summed E-state index contributed by atoms with van der Waals surface area (Å²) in [6, 6.07) is 7.67. The average molecular weight is 462 g/mol. The van der Waals surface area contributed by atoms with E-state index in [-0.39, 0.29) is 23.2 Å². The fourth-order valence-corrected chi connectivity index (χ4v) is 5.30. The first-order valence-corrected chi connectivity index (χ1v) is 13.7. The van der Waals surface area contributed by atoms with Crippen LogP contribution < -0.4 is 16.0 Å². The van der Waals surface area contributed by atoms with Crippen LogP contribution in [0.15, 0.2) is 24.3 Å². The van der Waals surface area contributed by atoms with E-state index in [1.807, 2.05) is 24.3 Å². The monoisotopic (exact) mass is 461 g/mol. The predicted octanol–water partition coefficient (Wildman–Crippen LogP) is 6.17. The summed E-state index contributed by atoms with van der Waals surface area (Å²) in [6.45, 7) is 4.54. The fraction of sp³-hybridized carbons (Fsp3) is 0.692. The Kier molecular flexibility index (Phi) is 13.5. The number of benzene rings is 1. The standard InChI is InChI=1S/C26H43N3O2S/c1-3-4-5-6-7-8-9-10-11-12-13-14-19-27-25(31)24-20-32-26(29-24)22-15-17-23(18-16-22)28-21(2)30/h15-18,24,26,29H,3-14,19-20H2,1-2H3,(H,27,31)(H,28,30)/t24-,26?/m0/s1. The lowest BCUT2D eigenvalue weighted by atomic mass is 10.1. The third-order valence-electron chi connectivity index (χ3n) is 5.96. The molecule has 2 rings (SSSR count). The van der Waals surface area contributed by atoms with Crippen LogP contribution in [-0.4, -0.2) is 30.2 Å². The number of hydrogen-bond donors (Lipinski definition) is 3. The molecule has 180 valence electrons. The zero-order chi connectivity index (χ0) is 23.0. The van der Waals surface area contributed by atoms with E-state index in [9.17, 15) is 9.59 Å². The lowest BCUT2D eigenvalue weighted by Gasteiger charge is -2.14. The van der Waals surface area contributed by atoms with Crippen molar-refractivity contribution in [3.63, 3.8) is 0 Å². The lowest BCUT2D eigenvalue weighted by molar-refractivity contribution is -0.122. The highest BCUT2D eigenvalue weighted by molar-refractivity contribution is 7.99. The molecule has 2 amide bonds. The van der Waals surface area contributed by atoms with Crippen LogP contribution in [-0.2, 0) is 9.59 Å². The van der Waals surface area contributed by atoms with Gasteiger partial charge in [-0.25, -0.2) is 0 Å². The summed E-state index contributed by atoms with van der Waals surface area (Å²) in [5, 5.41) is 9.42. The van der Waals surface area contributed by atoms with Crippen molar-refractivity contribution in [3.8, 4) is 0 Å². The number of carbonyl (C=O) groups excluding carboxylic acids is 2. The number of carbonyl (C=O) groups is 2. The van der Waals surface area contributed by atoms with Gasteiger partial charge in [0.25, 0.3) is 0 Å². The molecule has 0 radical (unpaired) electrons. The van der Waals surface area contributed by atoms with Crippen molar-refractivity contribution in [2.24, 2.45) is 0 Å². The molecule has 1 heterocycles. The average Bonchev–Trinajstić information content (AvgIpc) is 3.27. The number of unbranched alkanes of at least 4 members (excludes halogenated alkanes) is 11. The second-order valence-corrected chi connectivity index (χ2v) is 10.1. The first-order valence-electron chi connectivity index (χ1n) is 12.6. The van der Waals surface area contributed by atoms with Gasteiger partial charge in [0.05, 0.1) is 11.4 Å². The van der Waals surface area contributed by atoms with Gasteiger partial charge in [-0.3, -0.25) is 14.9 Å². The van der Waals surface area contributed by atoms with Crippen molar-refractivity contribution < 1.29 is 9.59 Å². The molecule has 3 N–H and O–H groups in total. The van der Waals surface area contributed by atoms with Crippen LogP contribution >= 0.6 is 11.8 Å². The van der Waals surface area contributed by atoms with E-state index < -0.39 is 0 Å². The molecule has 1 aromatic rings. The number of thioether (sulfide) groups is 1. The Labute approximate surface area is 199 Å². The maximum absolute atomic E-state index is 12.5. The minimum atomic E-state index is -0.141. The molecule has 1 aliphatic rings. The Bertz CT molecular complexity index is 666. The molecule has 0 aromatic heterocycles. The number of amides is 2. The number of nitrogens with one attached hydrogen (secondary N) is 3. The van der Waals surface area contributed by atoms with Crippen LogP contribution in [0.5, 0.6) is 0 Å². The van der Waals surface area contributed by atoms with Gasteiger partial charge in [-0.2, -0.15) is 0 Å². The second-order valence-electron chi connectivity index (χ2n) is 8.92. The molecule has 0 saturated carbocycles. The van der Waals surface area contributed by atoms with Crippen molar-refractivity contribution in [3.05, 3.63) is 29.8 Å². The first kappa shape index (κ1) is 26.7. The van der Waals surface area contributed by atoms with E-state index in [1.54, 1.807) is 11.8 Å². The predicted molar refractivity (Wildman–Crippen MR) is 137 cm³/mol. The molecule has 1 unspecified atom stereocenters. The summed E-state index contributed by atoms with van der Waals surface area (Å²) in [7, 11) is 0. The Hall–Kier alpha value is -1.53. The van der Waals surface area contributed by atoms with E-state index in [0.29, 0.717) is 0 Å². The van der Waals surface area contributed by atoms with E-state index in [4.69, 9.17) is 0 Å². The molecule has 6 heteroatoms. The smallest absolute Gasteiger partial charge is 0.238 e. The zero-order valence-corrected chi connectivity index (χ0v) is 20.9. The number of rotatable bonds is 16. The van der Waals surface area contributed by atoms with Crippen molar-refractivity contribution in [1.82, 2.24) is 10.6 Å². The molecular formula is C26H43N3O2S. The molecule has 2 atom stereocenters. The van der Waals surface area contributed by atoms with Gasteiger partial charge in [0, 0.05) is 24.9 Å². The highest BCUT2D eigenvalue weighted by atomic mass is 32.2. The third kappa shape index (κ3) is 10.9. The quantitative estimate of drug-likeness (QED) is 0.258. The fourth-order valence-electron chi connectivity index (χ4n) is 4.06. The Morgan fingerprint density at radius 1 is 0.906 bits per heavy atom. The molecule has 1 fully saturated rings. The number of anilines is 1. The minimum absolute atomic E-state index is 0.0731. The Balaban J connectivity index is 1.48. The van der Waals surface area contributed by atoms with Crippen molar-refractivity contribution in [1.29, 1.82) is 0 Å². The molecule has 5 nitrogen and oxygen atoms in total. The van der Waals surface area contributed by atoms with Crippen LogP contribution in [0.3, 0.4) is 0 Å². The number of hydrogen-bond acceptors (Lipinski definition) is 4. The van der Waals surface area contributed by atoms with Crippen LogP contribution in [0.25, 0.3) is 0 Å². The maximum atomic E-state index is 12.5. The van der Waals surface area contributed by atoms with Crippen LogP contribution in [0.1, 0.15) is 102 Å². The van der Waals surface area contributed by atoms with Crippen LogP contribution in [0.2, 0.25) is 0 Å². The molecule has 0 bridgehead atoms. The van der Waals surface area contributed by atoms with E-state index in [0.717, 1.165) is 30.0 Å². The van der Waals surface area contributed by atoms with Gasteiger partial charge in [-0.1, -0.05) is 89.7 Å². The van der Waals surface area contributed by atoms with E-state index in [2.05, 4.69) is 22.9 Å².